The predicted molar refractivity (Wildman–Crippen MR) is 126 cm³/mol. The van der Waals surface area contributed by atoms with E-state index < -0.39 is 12.1 Å². The average Bonchev–Trinajstić information content (AvgIpc) is 2.75. The molecule has 0 aliphatic heterocycles. The molecule has 0 spiro atoms. The molecule has 1 heterocycles. The molecule has 3 rings (SSSR count). The number of pyridine rings is 1. The minimum Gasteiger partial charge on any atom is -0.619 e. The van der Waals surface area contributed by atoms with Gasteiger partial charge in [-0.15, -0.1) is 0 Å². The number of nitrogens with zero attached hydrogens (tertiary/aromatic N) is 1. The Morgan fingerprint density at radius 2 is 1.65 bits per heavy atom. The number of hydrogen-bond acceptors (Lipinski definition) is 5. The summed E-state index contributed by atoms with van der Waals surface area (Å²) in [6, 6.07) is 12.2. The van der Waals surface area contributed by atoms with Crippen LogP contribution < -0.4 is 14.2 Å². The van der Waals surface area contributed by atoms with Gasteiger partial charge in [-0.2, -0.15) is 4.73 Å². The molecular formula is C22H18Cl2INO5. The van der Waals surface area contributed by atoms with E-state index in [4.69, 9.17) is 37.4 Å². The first-order valence-electron chi connectivity index (χ1n) is 9.07. The van der Waals surface area contributed by atoms with Crippen LogP contribution in [0, 0.1) is 8.78 Å². The zero-order valence-corrected chi connectivity index (χ0v) is 20.3. The normalized spacial score (nSPS) is 11.6. The zero-order chi connectivity index (χ0) is 22.5. The largest absolute Gasteiger partial charge is 0.619 e. The third kappa shape index (κ3) is 5.72. The van der Waals surface area contributed by atoms with Gasteiger partial charge in [0.05, 0.1) is 19.8 Å². The van der Waals surface area contributed by atoms with Crippen molar-refractivity contribution in [2.45, 2.75) is 12.5 Å². The second-order valence-electron chi connectivity index (χ2n) is 6.51. The van der Waals surface area contributed by atoms with E-state index in [1.165, 1.54) is 26.6 Å². The van der Waals surface area contributed by atoms with Gasteiger partial charge in [-0.05, 0) is 64.6 Å². The molecule has 1 aromatic heterocycles. The van der Waals surface area contributed by atoms with Crippen LogP contribution in [-0.2, 0) is 11.2 Å². The zero-order valence-electron chi connectivity index (χ0n) is 16.6. The maximum atomic E-state index is 12.8. The molecule has 0 radical (unpaired) electrons. The molecule has 2 aromatic carbocycles. The Kier molecular flexibility index (Phi) is 7.85. The topological polar surface area (TPSA) is 71.7 Å². The van der Waals surface area contributed by atoms with Crippen molar-refractivity contribution in [1.29, 1.82) is 0 Å². The van der Waals surface area contributed by atoms with E-state index in [1.807, 2.05) is 12.1 Å². The first kappa shape index (κ1) is 23.4. The number of halogens is 3. The second-order valence-corrected chi connectivity index (χ2v) is 8.57. The molecule has 0 fully saturated rings. The molecular weight excluding hydrogens is 556 g/mol. The molecule has 0 bridgehead atoms. The summed E-state index contributed by atoms with van der Waals surface area (Å²) < 4.78 is 18.0. The number of carbonyl (C=O) groups is 1. The van der Waals surface area contributed by atoms with Gasteiger partial charge >= 0.3 is 5.97 Å². The van der Waals surface area contributed by atoms with E-state index in [1.54, 1.807) is 30.3 Å². The van der Waals surface area contributed by atoms with Crippen molar-refractivity contribution >= 4 is 51.8 Å². The molecule has 0 saturated carbocycles. The van der Waals surface area contributed by atoms with Crippen molar-refractivity contribution in [3.8, 4) is 11.5 Å². The summed E-state index contributed by atoms with van der Waals surface area (Å²) in [5, 5.41) is 12.0. The fraction of sp³-hybridized carbons (Fsp3) is 0.182. The molecule has 0 aliphatic rings. The Hall–Kier alpha value is -2.23. The first-order chi connectivity index (χ1) is 14.8. The van der Waals surface area contributed by atoms with Crippen LogP contribution in [0.4, 0.5) is 0 Å². The highest BCUT2D eigenvalue weighted by Gasteiger charge is 2.24. The Bertz CT molecular complexity index is 1070. The van der Waals surface area contributed by atoms with Crippen LogP contribution in [0.1, 0.15) is 27.6 Å². The summed E-state index contributed by atoms with van der Waals surface area (Å²) in [6.45, 7) is 0. The highest BCUT2D eigenvalue weighted by atomic mass is 127. The van der Waals surface area contributed by atoms with E-state index in [9.17, 15) is 10.0 Å². The van der Waals surface area contributed by atoms with Gasteiger partial charge in [0.15, 0.2) is 23.9 Å². The van der Waals surface area contributed by atoms with E-state index >= 15 is 0 Å². The Morgan fingerprint density at radius 1 is 1.03 bits per heavy atom. The Morgan fingerprint density at radius 3 is 2.23 bits per heavy atom. The lowest BCUT2D eigenvalue weighted by molar-refractivity contribution is -0.605. The number of carbonyl (C=O) groups excluding carboxylic acids is 1. The van der Waals surface area contributed by atoms with Gasteiger partial charge in [0.25, 0.3) is 0 Å². The van der Waals surface area contributed by atoms with Crippen LogP contribution in [-0.4, -0.2) is 20.2 Å². The number of ether oxygens (including phenoxy) is 3. The lowest BCUT2D eigenvalue weighted by Crippen LogP contribution is -2.25. The van der Waals surface area contributed by atoms with Crippen LogP contribution >= 0.6 is 45.8 Å². The highest BCUT2D eigenvalue weighted by molar-refractivity contribution is 14.1. The maximum Gasteiger partial charge on any atom is 0.338 e. The quantitative estimate of drug-likeness (QED) is 0.164. The lowest BCUT2D eigenvalue weighted by atomic mass is 10.0. The van der Waals surface area contributed by atoms with Gasteiger partial charge in [0, 0.05) is 15.6 Å². The lowest BCUT2D eigenvalue weighted by Gasteiger charge is -2.21. The molecule has 0 amide bonds. The summed E-state index contributed by atoms with van der Waals surface area (Å²) in [4.78, 5) is 12.8. The minimum atomic E-state index is -0.746. The van der Waals surface area contributed by atoms with E-state index in [0.717, 1.165) is 3.57 Å². The Balaban J connectivity index is 1.99. The average molecular weight is 574 g/mol. The van der Waals surface area contributed by atoms with Crippen molar-refractivity contribution in [1.82, 2.24) is 0 Å². The monoisotopic (exact) mass is 573 g/mol. The van der Waals surface area contributed by atoms with Crippen LogP contribution in [0.25, 0.3) is 0 Å². The SMILES string of the molecule is COc1ccc([C@H](Cc2c(Cl)c[n+]([O-])cc2Cl)OC(=O)c2ccc(I)cc2)cc1OC. The fourth-order valence-corrected chi connectivity index (χ4v) is 3.93. The third-order valence-corrected chi connectivity index (χ3v) is 5.93. The Labute approximate surface area is 203 Å². The van der Waals surface area contributed by atoms with Gasteiger partial charge in [0.2, 0.25) is 0 Å². The smallest absolute Gasteiger partial charge is 0.338 e. The van der Waals surface area contributed by atoms with Crippen molar-refractivity contribution in [3.05, 3.63) is 90.4 Å². The second kappa shape index (κ2) is 10.4. The summed E-state index contributed by atoms with van der Waals surface area (Å²) in [5.74, 6) is 0.522. The molecule has 162 valence electrons. The van der Waals surface area contributed by atoms with Crippen molar-refractivity contribution in [3.63, 3.8) is 0 Å². The maximum absolute atomic E-state index is 12.8. The van der Waals surface area contributed by atoms with Crippen molar-refractivity contribution < 1.29 is 23.7 Å². The van der Waals surface area contributed by atoms with Crippen LogP contribution in [0.3, 0.4) is 0 Å². The van der Waals surface area contributed by atoms with Gasteiger partial charge in [-0.3, -0.25) is 0 Å². The number of methoxy groups -OCH3 is 2. The standard InChI is InChI=1S/C22H18Cl2INO5/c1-29-19-8-5-14(9-21(19)30-2)20(10-16-17(23)11-26(28)12-18(16)24)31-22(27)13-3-6-15(25)7-4-13/h3-9,11-12,20H,10H2,1-2H3/t20-/m0/s1. The summed E-state index contributed by atoms with van der Waals surface area (Å²) in [5.41, 5.74) is 1.56. The first-order valence-corrected chi connectivity index (χ1v) is 10.9. The fourth-order valence-electron chi connectivity index (χ4n) is 2.97. The van der Waals surface area contributed by atoms with Crippen molar-refractivity contribution in [2.24, 2.45) is 0 Å². The molecule has 0 N–H and O–H groups in total. The number of benzene rings is 2. The van der Waals surface area contributed by atoms with Gasteiger partial charge in [-0.25, -0.2) is 4.79 Å². The molecule has 9 heteroatoms. The molecule has 0 saturated heterocycles. The summed E-state index contributed by atoms with van der Waals surface area (Å²) in [6.07, 6.45) is 1.82. The molecule has 1 atom stereocenters. The van der Waals surface area contributed by atoms with Gasteiger partial charge in [-0.1, -0.05) is 29.3 Å². The highest BCUT2D eigenvalue weighted by Crippen LogP contribution is 2.35. The third-order valence-electron chi connectivity index (χ3n) is 4.56. The van der Waals surface area contributed by atoms with Gasteiger partial charge in [0.1, 0.15) is 16.1 Å². The van der Waals surface area contributed by atoms with Crippen molar-refractivity contribution in [2.75, 3.05) is 14.2 Å². The van der Waals surface area contributed by atoms with Crippen LogP contribution in [0.2, 0.25) is 10.0 Å². The minimum absolute atomic E-state index is 0.157. The number of rotatable bonds is 7. The number of hydrogen-bond donors (Lipinski definition) is 0. The van der Waals surface area contributed by atoms with Crippen LogP contribution in [0.15, 0.2) is 54.9 Å². The molecule has 6 nitrogen and oxygen atoms in total. The molecule has 0 unspecified atom stereocenters. The van der Waals surface area contributed by atoms with E-state index in [-0.39, 0.29) is 16.5 Å². The van der Waals surface area contributed by atoms with Crippen LogP contribution in [0.5, 0.6) is 11.5 Å². The summed E-state index contributed by atoms with van der Waals surface area (Å²) >= 11 is 14.7. The number of esters is 1. The van der Waals surface area contributed by atoms with E-state index in [2.05, 4.69) is 22.6 Å². The predicted octanol–water partition coefficient (Wildman–Crippen LogP) is 5.39. The molecule has 3 aromatic rings. The summed E-state index contributed by atoms with van der Waals surface area (Å²) in [7, 11) is 3.06. The van der Waals surface area contributed by atoms with E-state index in [0.29, 0.717) is 32.9 Å². The van der Waals surface area contributed by atoms with Gasteiger partial charge < -0.3 is 19.4 Å². The molecule has 0 aliphatic carbocycles. The molecule has 31 heavy (non-hydrogen) atoms. The number of aromatic nitrogens is 1.